The van der Waals surface area contributed by atoms with Crippen LogP contribution in [0.2, 0.25) is 0 Å². The standard InChI is InChI=1S/C27H55FO3S.H3N/c1-3-5-7-9-11-12-13-14-15-16-17-18-19-20-22-24-26-27(28,32(29,30)31)25-23-21-10-8-6-4-2;/h3-26H2,1-2H3,(H,29,30,31);1H3. The third-order valence-electron chi connectivity index (χ3n) is 6.77. The van der Waals surface area contributed by atoms with Crippen LogP contribution in [0.1, 0.15) is 168 Å². The van der Waals surface area contributed by atoms with Crippen LogP contribution in [-0.4, -0.2) is 18.0 Å². The third-order valence-corrected chi connectivity index (χ3v) is 8.10. The molecule has 0 aliphatic heterocycles. The third kappa shape index (κ3) is 20.9. The van der Waals surface area contributed by atoms with Crippen LogP contribution in [0.4, 0.5) is 4.39 Å². The molecule has 0 bridgehead atoms. The van der Waals surface area contributed by atoms with Gasteiger partial charge in [0.25, 0.3) is 10.1 Å². The van der Waals surface area contributed by atoms with Crippen LogP contribution in [0, 0.1) is 0 Å². The molecule has 4 nitrogen and oxygen atoms in total. The van der Waals surface area contributed by atoms with Crippen molar-refractivity contribution in [2.45, 2.75) is 173 Å². The molecule has 0 rings (SSSR count). The summed E-state index contributed by atoms with van der Waals surface area (Å²) in [7, 11) is -4.65. The first kappa shape index (κ1) is 35.0. The number of halogens is 1. The van der Waals surface area contributed by atoms with Gasteiger partial charge in [-0.1, -0.05) is 142 Å². The quantitative estimate of drug-likeness (QED) is 0.0973. The van der Waals surface area contributed by atoms with Crippen LogP contribution < -0.4 is 6.15 Å². The lowest BCUT2D eigenvalue weighted by molar-refractivity contribution is 0.203. The largest absolute Gasteiger partial charge is 0.344 e. The molecule has 0 fully saturated rings. The molecule has 0 heterocycles. The molecular formula is C27H58FNO3S. The fourth-order valence-electron chi connectivity index (χ4n) is 4.49. The summed E-state index contributed by atoms with van der Waals surface area (Å²) in [5.74, 6) is 0. The van der Waals surface area contributed by atoms with Crippen molar-refractivity contribution >= 4 is 10.1 Å². The predicted molar refractivity (Wildman–Crippen MR) is 143 cm³/mol. The zero-order valence-corrected chi connectivity index (χ0v) is 23.0. The van der Waals surface area contributed by atoms with Gasteiger partial charge < -0.3 is 6.15 Å². The Morgan fingerprint density at radius 3 is 0.939 bits per heavy atom. The monoisotopic (exact) mass is 495 g/mol. The fraction of sp³-hybridized carbons (Fsp3) is 1.00. The topological polar surface area (TPSA) is 89.4 Å². The molecule has 202 valence electrons. The van der Waals surface area contributed by atoms with Gasteiger partial charge in [0.1, 0.15) is 0 Å². The number of rotatable bonds is 25. The van der Waals surface area contributed by atoms with Crippen LogP contribution in [-0.2, 0) is 10.1 Å². The molecule has 0 spiro atoms. The van der Waals surface area contributed by atoms with E-state index in [9.17, 15) is 17.4 Å². The molecule has 0 aliphatic rings. The van der Waals surface area contributed by atoms with Crippen molar-refractivity contribution in [3.63, 3.8) is 0 Å². The highest BCUT2D eigenvalue weighted by Gasteiger charge is 2.42. The van der Waals surface area contributed by atoms with E-state index in [1.165, 1.54) is 77.0 Å². The van der Waals surface area contributed by atoms with E-state index < -0.39 is 15.1 Å². The van der Waals surface area contributed by atoms with Crippen molar-refractivity contribution in [1.29, 1.82) is 0 Å². The summed E-state index contributed by atoms with van der Waals surface area (Å²) < 4.78 is 47.5. The number of hydrogen-bond acceptors (Lipinski definition) is 3. The van der Waals surface area contributed by atoms with E-state index >= 15 is 0 Å². The first-order valence-electron chi connectivity index (χ1n) is 14.0. The van der Waals surface area contributed by atoms with Crippen LogP contribution in [0.25, 0.3) is 0 Å². The van der Waals surface area contributed by atoms with Crippen LogP contribution in [0.3, 0.4) is 0 Å². The lowest BCUT2D eigenvalue weighted by Gasteiger charge is -2.22. The normalized spacial score (nSPS) is 13.6. The second-order valence-corrected chi connectivity index (χ2v) is 11.6. The average Bonchev–Trinajstić information content (AvgIpc) is 2.75. The maximum atomic E-state index is 14.9. The van der Waals surface area contributed by atoms with E-state index in [2.05, 4.69) is 13.8 Å². The van der Waals surface area contributed by atoms with E-state index in [1.807, 2.05) is 0 Å². The molecule has 0 aromatic rings. The summed E-state index contributed by atoms with van der Waals surface area (Å²) in [5.41, 5.74) is 0. The van der Waals surface area contributed by atoms with Crippen molar-refractivity contribution in [1.82, 2.24) is 6.15 Å². The van der Waals surface area contributed by atoms with Gasteiger partial charge in [-0.15, -0.1) is 0 Å². The minimum Gasteiger partial charge on any atom is -0.344 e. The maximum Gasteiger partial charge on any atom is 0.300 e. The van der Waals surface area contributed by atoms with Gasteiger partial charge >= 0.3 is 0 Å². The second-order valence-electron chi connectivity index (χ2n) is 9.93. The van der Waals surface area contributed by atoms with Crippen molar-refractivity contribution in [3.8, 4) is 0 Å². The molecule has 0 radical (unpaired) electrons. The molecule has 0 saturated carbocycles. The summed E-state index contributed by atoms with van der Waals surface area (Å²) in [6.07, 6.45) is 25.4. The Balaban J connectivity index is 0. The zero-order chi connectivity index (χ0) is 24.0. The highest BCUT2D eigenvalue weighted by atomic mass is 32.2. The molecule has 0 aliphatic carbocycles. The summed E-state index contributed by atoms with van der Waals surface area (Å²) in [6.45, 7) is 4.40. The average molecular weight is 496 g/mol. The second kappa shape index (κ2) is 23.5. The van der Waals surface area contributed by atoms with Gasteiger partial charge in [-0.05, 0) is 25.7 Å². The van der Waals surface area contributed by atoms with Gasteiger partial charge in [-0.3, -0.25) is 4.55 Å². The van der Waals surface area contributed by atoms with Gasteiger partial charge in [0.15, 0.2) is 0 Å². The van der Waals surface area contributed by atoms with E-state index in [1.54, 1.807) is 0 Å². The van der Waals surface area contributed by atoms with Crippen molar-refractivity contribution < 1.29 is 17.4 Å². The fourth-order valence-corrected chi connectivity index (χ4v) is 5.29. The molecule has 0 aromatic carbocycles. The van der Waals surface area contributed by atoms with Crippen LogP contribution >= 0.6 is 0 Å². The van der Waals surface area contributed by atoms with E-state index in [-0.39, 0.29) is 19.0 Å². The summed E-state index contributed by atoms with van der Waals surface area (Å²) in [4.78, 5) is 0. The molecule has 0 saturated heterocycles. The van der Waals surface area contributed by atoms with E-state index in [0.717, 1.165) is 51.4 Å². The highest BCUT2D eigenvalue weighted by Crippen LogP contribution is 2.32. The number of hydrogen-bond donors (Lipinski definition) is 2. The Labute approximate surface area is 206 Å². The maximum absolute atomic E-state index is 14.9. The van der Waals surface area contributed by atoms with Crippen LogP contribution in [0.5, 0.6) is 0 Å². The summed E-state index contributed by atoms with van der Waals surface area (Å²) >= 11 is 0. The van der Waals surface area contributed by atoms with Crippen molar-refractivity contribution in [2.24, 2.45) is 0 Å². The number of alkyl halides is 1. The zero-order valence-electron chi connectivity index (χ0n) is 22.2. The predicted octanol–water partition coefficient (Wildman–Crippen LogP) is 10.1. The Hall–Kier alpha value is -0.200. The van der Waals surface area contributed by atoms with Gasteiger partial charge in [-0.25, -0.2) is 4.39 Å². The highest BCUT2D eigenvalue weighted by molar-refractivity contribution is 7.87. The van der Waals surface area contributed by atoms with Gasteiger partial charge in [0, 0.05) is 0 Å². The molecule has 33 heavy (non-hydrogen) atoms. The Morgan fingerprint density at radius 1 is 0.515 bits per heavy atom. The SMILES string of the molecule is CCCCCCCCCCCCCCCCCCC(F)(CCCCCCCC)S(=O)(=O)O.N. The molecule has 0 aromatic heterocycles. The van der Waals surface area contributed by atoms with Crippen molar-refractivity contribution in [2.75, 3.05) is 0 Å². The van der Waals surface area contributed by atoms with Crippen LogP contribution in [0.15, 0.2) is 0 Å². The molecular weight excluding hydrogens is 437 g/mol. The minimum absolute atomic E-state index is 0. The summed E-state index contributed by atoms with van der Waals surface area (Å²) in [6, 6.07) is 0. The first-order chi connectivity index (χ1) is 15.4. The number of unbranched alkanes of at least 4 members (excludes halogenated alkanes) is 20. The summed E-state index contributed by atoms with van der Waals surface area (Å²) in [5, 5.41) is -2.45. The lowest BCUT2D eigenvalue weighted by Crippen LogP contribution is -2.33. The van der Waals surface area contributed by atoms with Crippen molar-refractivity contribution in [3.05, 3.63) is 0 Å². The lowest BCUT2D eigenvalue weighted by atomic mass is 10.0. The van der Waals surface area contributed by atoms with Gasteiger partial charge in [0.05, 0.1) is 0 Å². The first-order valence-corrected chi connectivity index (χ1v) is 15.5. The Bertz CT molecular complexity index is 502. The van der Waals surface area contributed by atoms with Gasteiger partial charge in [0.2, 0.25) is 5.00 Å². The Morgan fingerprint density at radius 2 is 0.727 bits per heavy atom. The molecule has 4 N–H and O–H groups in total. The molecule has 1 unspecified atom stereocenters. The van der Waals surface area contributed by atoms with E-state index in [4.69, 9.17) is 0 Å². The van der Waals surface area contributed by atoms with Gasteiger partial charge in [-0.2, -0.15) is 8.42 Å². The Kier molecular flexibility index (Phi) is 24.9. The minimum atomic E-state index is -4.65. The molecule has 1 atom stereocenters. The molecule has 0 amide bonds. The smallest absolute Gasteiger partial charge is 0.300 e. The molecule has 6 heteroatoms. The van der Waals surface area contributed by atoms with E-state index in [0.29, 0.717) is 12.8 Å².